The van der Waals surface area contributed by atoms with Crippen molar-refractivity contribution in [2.75, 3.05) is 18.9 Å². The average Bonchev–Trinajstić information content (AvgIpc) is 3.39. The molecule has 6 heteroatoms. The number of hydrogen-bond acceptors (Lipinski definition) is 4. The molecule has 1 heterocycles. The molecule has 0 unspecified atom stereocenters. The third-order valence-corrected chi connectivity index (χ3v) is 5.14. The van der Waals surface area contributed by atoms with Gasteiger partial charge in [-0.1, -0.05) is 42.1 Å². The highest BCUT2D eigenvalue weighted by Crippen LogP contribution is 2.41. The van der Waals surface area contributed by atoms with Crippen molar-refractivity contribution >= 4 is 17.7 Å². The molecular weight excluding hydrogens is 346 g/mol. The van der Waals surface area contributed by atoms with Gasteiger partial charge in [-0.2, -0.15) is 0 Å². The Hall–Kier alpha value is -1.79. The maximum Gasteiger partial charge on any atom is 0.230 e. The third kappa shape index (κ3) is 5.35. The molecule has 140 valence electrons. The lowest BCUT2D eigenvalue weighted by atomic mass is 10.2. The Kier molecular flexibility index (Phi) is 6.74. The summed E-state index contributed by atoms with van der Waals surface area (Å²) in [6.07, 6.45) is 5.37. The minimum Gasteiger partial charge on any atom is -0.379 e. The van der Waals surface area contributed by atoms with Gasteiger partial charge in [0.1, 0.15) is 0 Å². The maximum absolute atomic E-state index is 12.1. The second-order valence-corrected chi connectivity index (χ2v) is 7.75. The fraction of sp³-hybridized carbons (Fsp3) is 0.500. The Morgan fingerprint density at radius 2 is 2.12 bits per heavy atom. The summed E-state index contributed by atoms with van der Waals surface area (Å²) in [6, 6.07) is 10.8. The first-order chi connectivity index (χ1) is 12.6. The summed E-state index contributed by atoms with van der Waals surface area (Å²) in [5.74, 6) is 0.439. The lowest BCUT2D eigenvalue weighted by molar-refractivity contribution is -0.118. The molecule has 26 heavy (non-hydrogen) atoms. The van der Waals surface area contributed by atoms with Gasteiger partial charge in [-0.3, -0.25) is 4.79 Å². The molecule has 0 aliphatic heterocycles. The summed E-state index contributed by atoms with van der Waals surface area (Å²) in [6.45, 7) is 5.36. The molecule has 1 saturated carbocycles. The van der Waals surface area contributed by atoms with E-state index in [9.17, 15) is 4.79 Å². The second-order valence-electron chi connectivity index (χ2n) is 6.80. The number of hydrogen-bond donors (Lipinski definition) is 1. The predicted molar refractivity (Wildman–Crippen MR) is 105 cm³/mol. The maximum atomic E-state index is 12.1. The van der Waals surface area contributed by atoms with E-state index in [2.05, 4.69) is 27.0 Å². The van der Waals surface area contributed by atoms with E-state index >= 15 is 0 Å². The van der Waals surface area contributed by atoms with Crippen LogP contribution in [0.4, 0.5) is 0 Å². The molecule has 0 spiro atoms. The minimum absolute atomic E-state index is 0.0474. The third-order valence-electron chi connectivity index (χ3n) is 4.17. The lowest BCUT2D eigenvalue weighted by Gasteiger charge is -2.11. The van der Waals surface area contributed by atoms with Crippen molar-refractivity contribution in [3.8, 4) is 11.3 Å². The minimum atomic E-state index is 0.0474. The van der Waals surface area contributed by atoms with Crippen molar-refractivity contribution in [2.24, 2.45) is 0 Å². The van der Waals surface area contributed by atoms with Crippen LogP contribution >= 0.6 is 11.8 Å². The molecule has 0 radical (unpaired) electrons. The van der Waals surface area contributed by atoms with E-state index in [0.717, 1.165) is 17.3 Å². The van der Waals surface area contributed by atoms with Crippen LogP contribution in [0.5, 0.6) is 0 Å². The van der Waals surface area contributed by atoms with Crippen LogP contribution < -0.4 is 5.32 Å². The smallest absolute Gasteiger partial charge is 0.230 e. The van der Waals surface area contributed by atoms with Gasteiger partial charge in [0, 0.05) is 19.2 Å². The van der Waals surface area contributed by atoms with Gasteiger partial charge in [-0.05, 0) is 38.7 Å². The summed E-state index contributed by atoms with van der Waals surface area (Å²) < 4.78 is 7.77. The molecule has 1 amide bonds. The molecule has 3 rings (SSSR count). The van der Waals surface area contributed by atoms with Crippen molar-refractivity contribution in [3.05, 3.63) is 36.5 Å². The van der Waals surface area contributed by atoms with Crippen LogP contribution in [-0.2, 0) is 9.53 Å². The van der Waals surface area contributed by atoms with Gasteiger partial charge in [-0.15, -0.1) is 0 Å². The van der Waals surface area contributed by atoms with Crippen LogP contribution in [0.2, 0.25) is 0 Å². The summed E-state index contributed by atoms with van der Waals surface area (Å²) in [4.78, 5) is 16.7. The Morgan fingerprint density at radius 3 is 2.81 bits per heavy atom. The lowest BCUT2D eigenvalue weighted by Crippen LogP contribution is -2.27. The van der Waals surface area contributed by atoms with Gasteiger partial charge in [0.25, 0.3) is 0 Å². The molecule has 5 nitrogen and oxygen atoms in total. The Morgan fingerprint density at radius 1 is 1.35 bits per heavy atom. The quantitative estimate of drug-likeness (QED) is 0.507. The molecule has 2 aromatic rings. The molecule has 0 atom stereocenters. The van der Waals surface area contributed by atoms with Crippen LogP contribution in [0, 0.1) is 0 Å². The van der Waals surface area contributed by atoms with Crippen LogP contribution in [-0.4, -0.2) is 40.5 Å². The number of aromatic nitrogens is 2. The van der Waals surface area contributed by atoms with Gasteiger partial charge < -0.3 is 14.6 Å². The van der Waals surface area contributed by atoms with Crippen molar-refractivity contribution < 1.29 is 9.53 Å². The number of amides is 1. The zero-order chi connectivity index (χ0) is 18.4. The van der Waals surface area contributed by atoms with Gasteiger partial charge in [0.2, 0.25) is 5.91 Å². The van der Waals surface area contributed by atoms with Crippen molar-refractivity contribution in [1.29, 1.82) is 0 Å². The Balaban J connectivity index is 1.52. The van der Waals surface area contributed by atoms with E-state index in [0.29, 0.717) is 24.9 Å². The Labute approximate surface area is 159 Å². The van der Waals surface area contributed by atoms with E-state index in [1.807, 2.05) is 38.2 Å². The number of thioether (sulfide) groups is 1. The van der Waals surface area contributed by atoms with E-state index in [-0.39, 0.29) is 12.0 Å². The molecule has 1 aromatic carbocycles. The van der Waals surface area contributed by atoms with E-state index in [4.69, 9.17) is 4.74 Å². The first-order valence-electron chi connectivity index (χ1n) is 9.29. The Bertz CT molecular complexity index is 711. The monoisotopic (exact) mass is 373 g/mol. The summed E-state index contributed by atoms with van der Waals surface area (Å²) in [7, 11) is 0. The summed E-state index contributed by atoms with van der Waals surface area (Å²) in [5, 5.41) is 3.89. The molecule has 1 aliphatic rings. The number of nitrogens with one attached hydrogen (secondary N) is 1. The SMILES string of the molecule is CC(C)OCCCNC(=O)CSc1ncc(-c2ccccc2)n1C1CC1. The van der Waals surface area contributed by atoms with Crippen molar-refractivity contribution in [3.63, 3.8) is 0 Å². The summed E-state index contributed by atoms with van der Waals surface area (Å²) >= 11 is 1.52. The average molecular weight is 374 g/mol. The van der Waals surface area contributed by atoms with Gasteiger partial charge in [0.15, 0.2) is 5.16 Å². The highest BCUT2D eigenvalue weighted by molar-refractivity contribution is 7.99. The molecule has 1 fully saturated rings. The van der Waals surface area contributed by atoms with Gasteiger partial charge in [-0.25, -0.2) is 4.98 Å². The van der Waals surface area contributed by atoms with Gasteiger partial charge >= 0.3 is 0 Å². The topological polar surface area (TPSA) is 56.1 Å². The highest BCUT2D eigenvalue weighted by atomic mass is 32.2. The number of rotatable bonds is 10. The largest absolute Gasteiger partial charge is 0.379 e. The van der Waals surface area contributed by atoms with E-state index in [1.165, 1.54) is 30.2 Å². The number of nitrogens with zero attached hydrogens (tertiary/aromatic N) is 2. The normalized spacial score (nSPS) is 14.0. The highest BCUT2D eigenvalue weighted by Gasteiger charge is 2.29. The number of benzene rings is 1. The first kappa shape index (κ1) is 19.0. The van der Waals surface area contributed by atoms with E-state index in [1.54, 1.807) is 0 Å². The van der Waals surface area contributed by atoms with Crippen molar-refractivity contribution in [1.82, 2.24) is 14.9 Å². The van der Waals surface area contributed by atoms with Crippen LogP contribution in [0.3, 0.4) is 0 Å². The number of carbonyl (C=O) groups is 1. The predicted octanol–water partition coefficient (Wildman–Crippen LogP) is 3.91. The van der Waals surface area contributed by atoms with Crippen LogP contribution in [0.15, 0.2) is 41.7 Å². The first-order valence-corrected chi connectivity index (χ1v) is 10.3. The molecule has 1 N–H and O–H groups in total. The van der Waals surface area contributed by atoms with E-state index < -0.39 is 0 Å². The fourth-order valence-corrected chi connectivity index (χ4v) is 3.63. The second kappa shape index (κ2) is 9.24. The molecule has 1 aliphatic carbocycles. The summed E-state index contributed by atoms with van der Waals surface area (Å²) in [5.41, 5.74) is 2.31. The van der Waals surface area contributed by atoms with Crippen molar-refractivity contribution in [2.45, 2.75) is 50.4 Å². The van der Waals surface area contributed by atoms with Crippen LogP contribution in [0.1, 0.15) is 39.2 Å². The molecule has 0 bridgehead atoms. The number of ether oxygens (including phenoxy) is 1. The molecule has 1 aromatic heterocycles. The van der Waals surface area contributed by atoms with Gasteiger partial charge in [0.05, 0.1) is 23.7 Å². The number of imidazole rings is 1. The zero-order valence-corrected chi connectivity index (χ0v) is 16.3. The van der Waals surface area contributed by atoms with Crippen LogP contribution in [0.25, 0.3) is 11.3 Å². The standard InChI is InChI=1S/C20H27N3O2S/c1-15(2)25-12-6-11-21-19(24)14-26-20-22-13-18(23(20)17-9-10-17)16-7-4-3-5-8-16/h3-5,7-8,13,15,17H,6,9-12,14H2,1-2H3,(H,21,24). The molecular formula is C20H27N3O2S. The fourth-order valence-electron chi connectivity index (χ4n) is 2.76. The zero-order valence-electron chi connectivity index (χ0n) is 15.5. The molecule has 0 saturated heterocycles. The number of carbonyl (C=O) groups excluding carboxylic acids is 1.